The number of nitrogens with zero attached hydrogens (tertiary/aromatic N) is 2. The second-order valence-corrected chi connectivity index (χ2v) is 5.11. The van der Waals surface area contributed by atoms with Gasteiger partial charge in [-0.15, -0.1) is 0 Å². The minimum absolute atomic E-state index is 0. The Hall–Kier alpha value is -2.47. The summed E-state index contributed by atoms with van der Waals surface area (Å²) in [5, 5.41) is 10.2. The Morgan fingerprint density at radius 3 is 2.17 bits per heavy atom. The summed E-state index contributed by atoms with van der Waals surface area (Å²) in [4.78, 5) is 4.72. The molecule has 0 bridgehead atoms. The van der Waals surface area contributed by atoms with Gasteiger partial charge in [0.2, 0.25) is 0 Å². The Morgan fingerprint density at radius 1 is 0.739 bits per heavy atom. The number of hydrogen-bond acceptors (Lipinski definition) is 2. The van der Waals surface area contributed by atoms with Crippen molar-refractivity contribution in [2.45, 2.75) is 0 Å². The first-order valence-corrected chi connectivity index (χ1v) is 7.16. The third-order valence-electron chi connectivity index (χ3n) is 3.72. The number of phenolic OH excluding ortho intramolecular Hbond substituents is 1. The molecule has 4 heteroatoms. The molecule has 0 aliphatic rings. The van der Waals surface area contributed by atoms with E-state index in [2.05, 4.69) is 4.57 Å². The first-order valence-electron chi connectivity index (χ1n) is 7.16. The predicted molar refractivity (Wildman–Crippen MR) is 95.3 cm³/mol. The van der Waals surface area contributed by atoms with Crippen molar-refractivity contribution in [3.8, 4) is 22.8 Å². The van der Waals surface area contributed by atoms with Crippen LogP contribution < -0.4 is 0 Å². The van der Waals surface area contributed by atoms with E-state index in [0.717, 1.165) is 28.1 Å². The van der Waals surface area contributed by atoms with Crippen LogP contribution in [0.2, 0.25) is 0 Å². The predicted octanol–water partition coefficient (Wildman–Crippen LogP) is 3.75. The number of rotatable bonds is 2. The molecule has 0 saturated heterocycles. The number of fused-ring (bicyclic) bond motifs is 1. The van der Waals surface area contributed by atoms with Crippen LogP contribution in [0.4, 0.5) is 0 Å². The van der Waals surface area contributed by atoms with Gasteiger partial charge in [0.25, 0.3) is 0 Å². The van der Waals surface area contributed by atoms with Gasteiger partial charge in [-0.1, -0.05) is 42.5 Å². The van der Waals surface area contributed by atoms with Crippen molar-refractivity contribution < 1.29 is 5.11 Å². The molecule has 3 aromatic carbocycles. The van der Waals surface area contributed by atoms with Gasteiger partial charge in [0.1, 0.15) is 11.6 Å². The molecule has 0 fully saturated rings. The van der Waals surface area contributed by atoms with Crippen molar-refractivity contribution in [3.05, 3.63) is 78.9 Å². The fourth-order valence-corrected chi connectivity index (χ4v) is 2.71. The molecule has 3 nitrogen and oxygen atoms in total. The SMILES string of the molecule is Oc1ccccc1-c1nc2ccccc2n1-c1ccccc1.[LiH]. The molecule has 0 atom stereocenters. The second kappa shape index (κ2) is 6.34. The number of benzene rings is 3. The van der Waals surface area contributed by atoms with Gasteiger partial charge in [-0.3, -0.25) is 4.57 Å². The molecule has 0 radical (unpaired) electrons. The zero-order valence-corrected chi connectivity index (χ0v) is 11.8. The first-order chi connectivity index (χ1) is 10.8. The monoisotopic (exact) mass is 294 g/mol. The summed E-state index contributed by atoms with van der Waals surface area (Å²) in [6, 6.07) is 25.3. The average Bonchev–Trinajstić information content (AvgIpc) is 2.95. The Labute approximate surface area is 146 Å². The molecule has 0 aliphatic heterocycles. The third-order valence-corrected chi connectivity index (χ3v) is 3.72. The van der Waals surface area contributed by atoms with Crippen LogP contribution in [0.5, 0.6) is 5.75 Å². The fourth-order valence-electron chi connectivity index (χ4n) is 2.71. The van der Waals surface area contributed by atoms with Crippen molar-refractivity contribution in [1.82, 2.24) is 9.55 Å². The van der Waals surface area contributed by atoms with Crippen LogP contribution in [0.3, 0.4) is 0 Å². The topological polar surface area (TPSA) is 38.1 Å². The van der Waals surface area contributed by atoms with Crippen molar-refractivity contribution in [3.63, 3.8) is 0 Å². The number of aromatic nitrogens is 2. The Morgan fingerprint density at radius 2 is 1.39 bits per heavy atom. The van der Waals surface area contributed by atoms with Crippen LogP contribution in [0, 0.1) is 0 Å². The summed E-state index contributed by atoms with van der Waals surface area (Å²) in [5.41, 5.74) is 3.67. The van der Waals surface area contributed by atoms with Gasteiger partial charge in [-0.2, -0.15) is 0 Å². The molecule has 0 unspecified atom stereocenters. The van der Waals surface area contributed by atoms with E-state index in [1.54, 1.807) is 6.07 Å². The normalized spacial score (nSPS) is 10.4. The van der Waals surface area contributed by atoms with Crippen LogP contribution in [0.15, 0.2) is 78.9 Å². The summed E-state index contributed by atoms with van der Waals surface area (Å²) in [7, 11) is 0. The van der Waals surface area contributed by atoms with Crippen molar-refractivity contribution in [1.29, 1.82) is 0 Å². The van der Waals surface area contributed by atoms with E-state index >= 15 is 0 Å². The molecular formula is C19H15LiN2O. The standard InChI is InChI=1S/C19H14N2O.Li.H/c22-18-13-7-4-10-15(18)19-20-16-11-5-6-12-17(16)21(19)14-8-2-1-3-9-14;;/h1-13,22H;;. The maximum atomic E-state index is 10.2. The molecule has 0 saturated carbocycles. The third kappa shape index (κ3) is 2.66. The van der Waals surface area contributed by atoms with E-state index in [9.17, 15) is 5.11 Å². The van der Waals surface area contributed by atoms with Crippen LogP contribution in [-0.4, -0.2) is 33.5 Å². The summed E-state index contributed by atoms with van der Waals surface area (Å²) < 4.78 is 2.07. The molecular weight excluding hydrogens is 279 g/mol. The molecule has 23 heavy (non-hydrogen) atoms. The van der Waals surface area contributed by atoms with Gasteiger partial charge in [-0.05, 0) is 36.4 Å². The van der Waals surface area contributed by atoms with E-state index in [0.29, 0.717) is 0 Å². The second-order valence-electron chi connectivity index (χ2n) is 5.11. The molecule has 1 heterocycles. The van der Waals surface area contributed by atoms with Gasteiger partial charge in [0, 0.05) is 5.69 Å². The number of phenols is 1. The zero-order chi connectivity index (χ0) is 14.9. The zero-order valence-electron chi connectivity index (χ0n) is 11.8. The maximum absolute atomic E-state index is 10.2. The molecule has 0 spiro atoms. The minimum atomic E-state index is 0. The molecule has 4 aromatic rings. The van der Waals surface area contributed by atoms with E-state index in [-0.39, 0.29) is 24.6 Å². The van der Waals surface area contributed by atoms with E-state index in [1.165, 1.54) is 0 Å². The number of imidazole rings is 1. The van der Waals surface area contributed by atoms with Crippen LogP contribution in [0.1, 0.15) is 0 Å². The Kier molecular flexibility index (Phi) is 4.25. The summed E-state index contributed by atoms with van der Waals surface area (Å²) in [6.07, 6.45) is 0. The summed E-state index contributed by atoms with van der Waals surface area (Å²) in [5.74, 6) is 0.973. The number of para-hydroxylation sites is 4. The average molecular weight is 294 g/mol. The van der Waals surface area contributed by atoms with Crippen LogP contribution in [-0.2, 0) is 0 Å². The van der Waals surface area contributed by atoms with Gasteiger partial charge in [0.15, 0.2) is 0 Å². The summed E-state index contributed by atoms with van der Waals surface area (Å²) >= 11 is 0. The molecule has 0 amide bonds. The molecule has 1 N–H and O–H groups in total. The van der Waals surface area contributed by atoms with Crippen molar-refractivity contribution >= 4 is 29.9 Å². The van der Waals surface area contributed by atoms with Gasteiger partial charge >= 0.3 is 18.9 Å². The molecule has 1 aromatic heterocycles. The van der Waals surface area contributed by atoms with Gasteiger partial charge in [-0.25, -0.2) is 4.98 Å². The molecule has 108 valence electrons. The Balaban J connectivity index is 0.00000156. The fraction of sp³-hybridized carbons (Fsp3) is 0. The van der Waals surface area contributed by atoms with E-state index in [4.69, 9.17) is 4.98 Å². The first kappa shape index (κ1) is 15.4. The summed E-state index contributed by atoms with van der Waals surface area (Å²) in [6.45, 7) is 0. The van der Waals surface area contributed by atoms with Gasteiger partial charge in [0.05, 0.1) is 16.6 Å². The van der Waals surface area contributed by atoms with Crippen molar-refractivity contribution in [2.75, 3.05) is 0 Å². The Bertz CT molecular complexity index is 948. The van der Waals surface area contributed by atoms with Crippen molar-refractivity contribution in [2.24, 2.45) is 0 Å². The van der Waals surface area contributed by atoms with E-state index < -0.39 is 0 Å². The number of aromatic hydroxyl groups is 1. The van der Waals surface area contributed by atoms with Gasteiger partial charge < -0.3 is 5.11 Å². The van der Waals surface area contributed by atoms with Crippen LogP contribution >= 0.6 is 0 Å². The van der Waals surface area contributed by atoms with Crippen LogP contribution in [0.25, 0.3) is 28.1 Å². The quantitative estimate of drug-likeness (QED) is 0.572. The molecule has 0 aliphatic carbocycles. The molecule has 4 rings (SSSR count). The van der Waals surface area contributed by atoms with E-state index in [1.807, 2.05) is 72.8 Å². The number of hydrogen-bond donors (Lipinski definition) is 1.